The van der Waals surface area contributed by atoms with Crippen molar-refractivity contribution < 1.29 is 5.11 Å². The lowest BCUT2D eigenvalue weighted by Gasteiger charge is -2.25. The summed E-state index contributed by atoms with van der Waals surface area (Å²) in [7, 11) is 0. The monoisotopic (exact) mass is 318 g/mol. The number of aliphatic hydroxyl groups excluding tert-OH is 1. The minimum Gasteiger partial charge on any atom is -0.395 e. The molecule has 2 aromatic heterocycles. The number of anilines is 1. The average Bonchev–Trinajstić information content (AvgIpc) is 2.99. The molecule has 0 fully saturated rings. The number of aromatic nitrogens is 1. The number of aliphatic hydroxyl groups is 1. The van der Waals surface area contributed by atoms with Crippen molar-refractivity contribution in [3.8, 4) is 0 Å². The van der Waals surface area contributed by atoms with E-state index in [4.69, 9.17) is 11.6 Å². The molecule has 0 radical (unpaired) electrons. The predicted octanol–water partition coefficient (Wildman–Crippen LogP) is 3.95. The predicted molar refractivity (Wildman–Crippen MR) is 89.2 cm³/mol. The zero-order valence-corrected chi connectivity index (χ0v) is 12.9. The van der Waals surface area contributed by atoms with Gasteiger partial charge in [0.15, 0.2) is 0 Å². The molecular weight excluding hydrogens is 304 g/mol. The Morgan fingerprint density at radius 1 is 1.24 bits per heavy atom. The third-order valence-electron chi connectivity index (χ3n) is 3.34. The minimum absolute atomic E-state index is 0.106. The lowest BCUT2D eigenvalue weighted by molar-refractivity contribution is 0.301. The lowest BCUT2D eigenvalue weighted by atomic mass is 10.1. The molecule has 0 aliphatic rings. The first kappa shape index (κ1) is 14.3. The van der Waals surface area contributed by atoms with E-state index in [1.165, 1.54) is 5.56 Å². The van der Waals surface area contributed by atoms with E-state index < -0.39 is 0 Å². The van der Waals surface area contributed by atoms with E-state index in [-0.39, 0.29) is 6.61 Å². The summed E-state index contributed by atoms with van der Waals surface area (Å²) in [4.78, 5) is 6.53. The Bertz CT molecular complexity index is 730. The Morgan fingerprint density at radius 3 is 2.90 bits per heavy atom. The molecule has 0 atom stereocenters. The molecule has 108 valence electrons. The van der Waals surface area contributed by atoms with Crippen molar-refractivity contribution in [1.82, 2.24) is 4.98 Å². The van der Waals surface area contributed by atoms with Crippen LogP contribution in [0.4, 0.5) is 5.69 Å². The number of thiophene rings is 1. The zero-order chi connectivity index (χ0) is 14.7. The van der Waals surface area contributed by atoms with Gasteiger partial charge in [0.25, 0.3) is 0 Å². The van der Waals surface area contributed by atoms with Gasteiger partial charge in [-0.15, -0.1) is 0 Å². The van der Waals surface area contributed by atoms with Gasteiger partial charge in [0.05, 0.1) is 12.1 Å². The molecule has 3 nitrogen and oxygen atoms in total. The molecule has 0 bridgehead atoms. The van der Waals surface area contributed by atoms with E-state index in [0.29, 0.717) is 11.6 Å². The molecule has 0 aliphatic carbocycles. The molecule has 3 aromatic rings. The van der Waals surface area contributed by atoms with Crippen molar-refractivity contribution in [1.29, 1.82) is 0 Å². The molecule has 0 saturated heterocycles. The maximum Gasteiger partial charge on any atom is 0.0723 e. The summed E-state index contributed by atoms with van der Waals surface area (Å²) in [5, 5.41) is 15.3. The van der Waals surface area contributed by atoms with Crippen LogP contribution in [0.2, 0.25) is 5.02 Å². The van der Waals surface area contributed by atoms with Gasteiger partial charge in [0.1, 0.15) is 0 Å². The molecular formula is C16H15ClN2OS. The highest BCUT2D eigenvalue weighted by atomic mass is 35.5. The molecule has 21 heavy (non-hydrogen) atoms. The highest BCUT2D eigenvalue weighted by molar-refractivity contribution is 7.07. The van der Waals surface area contributed by atoms with E-state index in [9.17, 15) is 5.11 Å². The molecule has 0 amide bonds. The Balaban J connectivity index is 2.04. The number of nitrogens with zero attached hydrogens (tertiary/aromatic N) is 2. The summed E-state index contributed by atoms with van der Waals surface area (Å²) in [6.07, 6.45) is 1.80. The van der Waals surface area contributed by atoms with Gasteiger partial charge in [-0.3, -0.25) is 4.98 Å². The van der Waals surface area contributed by atoms with Crippen LogP contribution in [0.5, 0.6) is 0 Å². The van der Waals surface area contributed by atoms with Gasteiger partial charge >= 0.3 is 0 Å². The summed E-state index contributed by atoms with van der Waals surface area (Å²) in [5.74, 6) is 0. The maximum atomic E-state index is 9.37. The van der Waals surface area contributed by atoms with Crippen molar-refractivity contribution in [3.63, 3.8) is 0 Å². The van der Waals surface area contributed by atoms with Crippen molar-refractivity contribution in [2.75, 3.05) is 18.1 Å². The molecule has 5 heteroatoms. The molecule has 1 aromatic carbocycles. The average molecular weight is 319 g/mol. The molecule has 0 spiro atoms. The van der Waals surface area contributed by atoms with Crippen LogP contribution in [-0.2, 0) is 6.54 Å². The SMILES string of the molecule is OCCN(Cc1ccsc1)c1ccnc2ccc(Cl)cc12. The highest BCUT2D eigenvalue weighted by Crippen LogP contribution is 2.29. The zero-order valence-electron chi connectivity index (χ0n) is 11.4. The fourth-order valence-electron chi connectivity index (χ4n) is 2.39. The van der Waals surface area contributed by atoms with Crippen molar-refractivity contribution >= 4 is 39.5 Å². The van der Waals surface area contributed by atoms with Gasteiger partial charge < -0.3 is 10.0 Å². The number of hydrogen-bond acceptors (Lipinski definition) is 4. The number of halogens is 1. The standard InChI is InChI=1S/C16H15ClN2OS/c17-13-1-2-15-14(9-13)16(3-5-18-15)19(6-7-20)10-12-4-8-21-11-12/h1-5,8-9,11,20H,6-7,10H2. The van der Waals surface area contributed by atoms with Crippen molar-refractivity contribution in [2.45, 2.75) is 6.54 Å². The Labute approximate surface area is 132 Å². The number of benzene rings is 1. The number of fused-ring (bicyclic) bond motifs is 1. The number of pyridine rings is 1. The Kier molecular flexibility index (Phi) is 4.39. The van der Waals surface area contributed by atoms with Gasteiger partial charge in [-0.1, -0.05) is 11.6 Å². The summed E-state index contributed by atoms with van der Waals surface area (Å²) < 4.78 is 0. The second-order valence-electron chi connectivity index (χ2n) is 4.77. The maximum absolute atomic E-state index is 9.37. The van der Waals surface area contributed by atoms with Crippen LogP contribution in [0.25, 0.3) is 10.9 Å². The van der Waals surface area contributed by atoms with Crippen LogP contribution in [0.1, 0.15) is 5.56 Å². The highest BCUT2D eigenvalue weighted by Gasteiger charge is 2.11. The summed E-state index contributed by atoms with van der Waals surface area (Å²) in [6.45, 7) is 1.44. The smallest absolute Gasteiger partial charge is 0.0723 e. The largest absolute Gasteiger partial charge is 0.395 e. The third-order valence-corrected chi connectivity index (χ3v) is 4.31. The van der Waals surface area contributed by atoms with Crippen LogP contribution >= 0.6 is 22.9 Å². The lowest BCUT2D eigenvalue weighted by Crippen LogP contribution is -2.26. The van der Waals surface area contributed by atoms with E-state index in [0.717, 1.165) is 23.1 Å². The van der Waals surface area contributed by atoms with Crippen LogP contribution in [0.3, 0.4) is 0 Å². The van der Waals surface area contributed by atoms with Crippen LogP contribution < -0.4 is 4.90 Å². The van der Waals surface area contributed by atoms with Crippen LogP contribution in [0.15, 0.2) is 47.3 Å². The first-order chi connectivity index (χ1) is 10.3. The van der Waals surface area contributed by atoms with Gasteiger partial charge in [-0.2, -0.15) is 11.3 Å². The summed E-state index contributed by atoms with van der Waals surface area (Å²) in [6, 6.07) is 9.77. The van der Waals surface area contributed by atoms with Gasteiger partial charge in [0.2, 0.25) is 0 Å². The van der Waals surface area contributed by atoms with E-state index >= 15 is 0 Å². The number of hydrogen-bond donors (Lipinski definition) is 1. The summed E-state index contributed by atoms with van der Waals surface area (Å²) in [5.41, 5.74) is 3.19. The molecule has 1 N–H and O–H groups in total. The first-order valence-corrected chi connectivity index (χ1v) is 8.01. The first-order valence-electron chi connectivity index (χ1n) is 6.69. The van der Waals surface area contributed by atoms with Crippen molar-refractivity contribution in [3.05, 3.63) is 57.9 Å². The van der Waals surface area contributed by atoms with Crippen LogP contribution in [-0.4, -0.2) is 23.2 Å². The van der Waals surface area contributed by atoms with Gasteiger partial charge in [0, 0.05) is 35.4 Å². The second kappa shape index (κ2) is 6.43. The topological polar surface area (TPSA) is 36.4 Å². The Morgan fingerprint density at radius 2 is 2.14 bits per heavy atom. The van der Waals surface area contributed by atoms with E-state index in [1.54, 1.807) is 17.5 Å². The van der Waals surface area contributed by atoms with Gasteiger partial charge in [-0.25, -0.2) is 0 Å². The summed E-state index contributed by atoms with van der Waals surface area (Å²) >= 11 is 7.80. The third kappa shape index (κ3) is 3.18. The quantitative estimate of drug-likeness (QED) is 0.774. The minimum atomic E-state index is 0.106. The molecule has 0 aliphatic heterocycles. The van der Waals surface area contributed by atoms with Crippen molar-refractivity contribution in [2.24, 2.45) is 0 Å². The molecule has 3 rings (SSSR count). The normalized spacial score (nSPS) is 11.0. The molecule has 2 heterocycles. The van der Waals surface area contributed by atoms with E-state index in [2.05, 4.69) is 26.7 Å². The number of rotatable bonds is 5. The fourth-order valence-corrected chi connectivity index (χ4v) is 3.22. The van der Waals surface area contributed by atoms with Crippen LogP contribution in [0, 0.1) is 0 Å². The molecule has 0 unspecified atom stereocenters. The second-order valence-corrected chi connectivity index (χ2v) is 5.98. The van der Waals surface area contributed by atoms with E-state index in [1.807, 2.05) is 24.3 Å². The fraction of sp³-hybridized carbons (Fsp3) is 0.188. The molecule has 0 saturated carbocycles. The van der Waals surface area contributed by atoms with Gasteiger partial charge in [-0.05, 0) is 46.7 Å². The Hall–Kier alpha value is -1.62.